The predicted molar refractivity (Wildman–Crippen MR) is 89.4 cm³/mol. The highest BCUT2D eigenvalue weighted by Gasteiger charge is 2.08. The first kappa shape index (κ1) is 14.9. The van der Waals surface area contributed by atoms with Gasteiger partial charge < -0.3 is 16.4 Å². The third-order valence-electron chi connectivity index (χ3n) is 2.74. The summed E-state index contributed by atoms with van der Waals surface area (Å²) in [5.74, 6) is -0.160. The Hall–Kier alpha value is -1.53. The van der Waals surface area contributed by atoms with Crippen LogP contribution < -0.4 is 16.4 Å². The molecule has 0 saturated carbocycles. The van der Waals surface area contributed by atoms with Crippen molar-refractivity contribution < 1.29 is 4.79 Å². The lowest BCUT2D eigenvalue weighted by atomic mass is 10.1. The number of halogens is 2. The zero-order chi connectivity index (χ0) is 14.7. The topological polar surface area (TPSA) is 67.2 Å². The number of carbonyl (C=O) groups is 1. The summed E-state index contributed by atoms with van der Waals surface area (Å²) >= 11 is 6.90. The molecule has 0 aromatic heterocycles. The molecule has 0 spiro atoms. The quantitative estimate of drug-likeness (QED) is 0.687. The number of nitrogens with one attached hydrogen (secondary N) is 2. The van der Waals surface area contributed by atoms with Gasteiger partial charge in [0.25, 0.3) is 5.91 Å². The largest absolute Gasteiger partial charge is 0.397 e. The van der Waals surface area contributed by atoms with Gasteiger partial charge in [0.05, 0.1) is 17.1 Å². The first-order valence-electron chi connectivity index (χ1n) is 5.85. The molecule has 0 atom stereocenters. The maximum absolute atomic E-state index is 11.5. The monoisotopic (exact) mass is 397 g/mol. The van der Waals surface area contributed by atoms with E-state index in [2.05, 4.69) is 42.5 Å². The summed E-state index contributed by atoms with van der Waals surface area (Å²) in [5.41, 5.74) is 8.66. The number of nitrogen functional groups attached to an aromatic ring is 1. The van der Waals surface area contributed by atoms with Crippen LogP contribution >= 0.6 is 31.9 Å². The molecule has 104 valence electrons. The first-order chi connectivity index (χ1) is 9.51. The van der Waals surface area contributed by atoms with Crippen molar-refractivity contribution >= 4 is 54.8 Å². The zero-order valence-corrected chi connectivity index (χ0v) is 13.9. The third-order valence-corrected chi connectivity index (χ3v) is 3.92. The number of rotatable bonds is 3. The molecule has 0 saturated heterocycles. The van der Waals surface area contributed by atoms with E-state index in [-0.39, 0.29) is 5.91 Å². The van der Waals surface area contributed by atoms with Gasteiger partial charge in [-0.3, -0.25) is 4.79 Å². The lowest BCUT2D eigenvalue weighted by molar-refractivity contribution is 0.0963. The molecule has 0 aliphatic rings. The molecule has 0 aliphatic heterocycles. The molecule has 4 nitrogen and oxygen atoms in total. The van der Waals surface area contributed by atoms with E-state index in [1.807, 2.05) is 18.2 Å². The van der Waals surface area contributed by atoms with Crippen molar-refractivity contribution in [2.75, 3.05) is 18.1 Å². The Morgan fingerprint density at radius 2 is 1.85 bits per heavy atom. The number of hydrogen-bond donors (Lipinski definition) is 3. The van der Waals surface area contributed by atoms with Crippen molar-refractivity contribution in [3.05, 3.63) is 50.9 Å². The van der Waals surface area contributed by atoms with E-state index in [1.165, 1.54) is 0 Å². The Bertz CT molecular complexity index is 659. The SMILES string of the molecule is CNC(=O)c1ccc(Nc2cc(Br)ccc2Br)c(N)c1. The molecule has 0 unspecified atom stereocenters. The van der Waals surface area contributed by atoms with E-state index in [0.29, 0.717) is 11.3 Å². The van der Waals surface area contributed by atoms with E-state index >= 15 is 0 Å². The van der Waals surface area contributed by atoms with Gasteiger partial charge in [-0.15, -0.1) is 0 Å². The highest BCUT2D eigenvalue weighted by molar-refractivity contribution is 9.11. The maximum Gasteiger partial charge on any atom is 0.251 e. The van der Waals surface area contributed by atoms with Crippen LogP contribution in [-0.2, 0) is 0 Å². The first-order valence-corrected chi connectivity index (χ1v) is 7.43. The Balaban J connectivity index is 2.30. The van der Waals surface area contributed by atoms with Crippen LogP contribution in [0.25, 0.3) is 0 Å². The number of amides is 1. The van der Waals surface area contributed by atoms with Crippen LogP contribution in [0.15, 0.2) is 45.3 Å². The number of benzene rings is 2. The summed E-state index contributed by atoms with van der Waals surface area (Å²) in [6.07, 6.45) is 0. The van der Waals surface area contributed by atoms with Crippen LogP contribution in [0.4, 0.5) is 17.1 Å². The average molecular weight is 399 g/mol. The summed E-state index contributed by atoms with van der Waals surface area (Å²) in [6, 6.07) is 11.0. The molecular formula is C14H13Br2N3O. The van der Waals surface area contributed by atoms with Gasteiger partial charge in [-0.05, 0) is 52.3 Å². The van der Waals surface area contributed by atoms with Crippen LogP contribution in [0, 0.1) is 0 Å². The molecular weight excluding hydrogens is 386 g/mol. The Kier molecular flexibility index (Phi) is 4.67. The fraction of sp³-hybridized carbons (Fsp3) is 0.0714. The number of hydrogen-bond acceptors (Lipinski definition) is 3. The van der Waals surface area contributed by atoms with E-state index in [9.17, 15) is 4.79 Å². The molecule has 20 heavy (non-hydrogen) atoms. The van der Waals surface area contributed by atoms with Crippen LogP contribution in [0.3, 0.4) is 0 Å². The van der Waals surface area contributed by atoms with E-state index in [4.69, 9.17) is 5.73 Å². The maximum atomic E-state index is 11.5. The molecule has 2 rings (SSSR count). The van der Waals surface area contributed by atoms with Gasteiger partial charge in [-0.2, -0.15) is 0 Å². The van der Waals surface area contributed by atoms with Gasteiger partial charge in [0.2, 0.25) is 0 Å². The van der Waals surface area contributed by atoms with Gasteiger partial charge in [0.1, 0.15) is 0 Å². The van der Waals surface area contributed by atoms with Crippen molar-refractivity contribution in [1.29, 1.82) is 0 Å². The molecule has 0 bridgehead atoms. The summed E-state index contributed by atoms with van der Waals surface area (Å²) in [5, 5.41) is 5.80. The number of nitrogens with two attached hydrogens (primary N) is 1. The van der Waals surface area contributed by atoms with Crippen molar-refractivity contribution in [3.63, 3.8) is 0 Å². The normalized spacial score (nSPS) is 10.2. The number of anilines is 3. The number of carbonyl (C=O) groups excluding carboxylic acids is 1. The molecule has 0 heterocycles. The highest BCUT2D eigenvalue weighted by atomic mass is 79.9. The van der Waals surface area contributed by atoms with Crippen molar-refractivity contribution in [1.82, 2.24) is 5.32 Å². The molecule has 6 heteroatoms. The molecule has 0 aliphatic carbocycles. The zero-order valence-electron chi connectivity index (χ0n) is 10.7. The van der Waals surface area contributed by atoms with Gasteiger partial charge in [0.15, 0.2) is 0 Å². The second-order valence-electron chi connectivity index (χ2n) is 4.13. The standard InChI is InChI=1S/C14H13Br2N3O/c1-18-14(20)8-2-5-12(11(17)6-8)19-13-7-9(15)3-4-10(13)16/h2-7,19H,17H2,1H3,(H,18,20). The van der Waals surface area contributed by atoms with Gasteiger partial charge in [-0.1, -0.05) is 15.9 Å². The predicted octanol–water partition coefficient (Wildman–Crippen LogP) is 3.90. The lowest BCUT2D eigenvalue weighted by Crippen LogP contribution is -2.17. The molecule has 4 N–H and O–H groups in total. The second-order valence-corrected chi connectivity index (χ2v) is 5.90. The van der Waals surface area contributed by atoms with Crippen molar-refractivity contribution in [3.8, 4) is 0 Å². The summed E-state index contributed by atoms with van der Waals surface area (Å²) in [7, 11) is 1.59. The van der Waals surface area contributed by atoms with E-state index in [1.54, 1.807) is 25.2 Å². The van der Waals surface area contributed by atoms with Gasteiger partial charge >= 0.3 is 0 Å². The van der Waals surface area contributed by atoms with E-state index in [0.717, 1.165) is 20.3 Å². The summed E-state index contributed by atoms with van der Waals surface area (Å²) in [6.45, 7) is 0. The fourth-order valence-corrected chi connectivity index (χ4v) is 2.41. The second kappa shape index (κ2) is 6.28. The van der Waals surface area contributed by atoms with Crippen LogP contribution in [0.2, 0.25) is 0 Å². The smallest absolute Gasteiger partial charge is 0.251 e. The molecule has 2 aromatic rings. The van der Waals surface area contributed by atoms with Gasteiger partial charge in [0, 0.05) is 21.6 Å². The Morgan fingerprint density at radius 1 is 1.10 bits per heavy atom. The lowest BCUT2D eigenvalue weighted by Gasteiger charge is -2.12. The minimum atomic E-state index is -0.160. The van der Waals surface area contributed by atoms with E-state index < -0.39 is 0 Å². The molecule has 2 aromatic carbocycles. The Labute approximate surface area is 134 Å². The highest BCUT2D eigenvalue weighted by Crippen LogP contribution is 2.31. The van der Waals surface area contributed by atoms with Crippen molar-refractivity contribution in [2.24, 2.45) is 0 Å². The van der Waals surface area contributed by atoms with Gasteiger partial charge in [-0.25, -0.2) is 0 Å². The molecule has 0 radical (unpaired) electrons. The average Bonchev–Trinajstić information content (AvgIpc) is 2.44. The fourth-order valence-electron chi connectivity index (χ4n) is 1.70. The third kappa shape index (κ3) is 3.32. The Morgan fingerprint density at radius 3 is 2.50 bits per heavy atom. The summed E-state index contributed by atoms with van der Waals surface area (Å²) < 4.78 is 1.89. The summed E-state index contributed by atoms with van der Waals surface area (Å²) in [4.78, 5) is 11.5. The van der Waals surface area contributed by atoms with Crippen molar-refractivity contribution in [2.45, 2.75) is 0 Å². The van der Waals surface area contributed by atoms with Crippen LogP contribution in [0.1, 0.15) is 10.4 Å². The minimum absolute atomic E-state index is 0.160. The minimum Gasteiger partial charge on any atom is -0.397 e. The molecule has 1 amide bonds. The van der Waals surface area contributed by atoms with Crippen LogP contribution in [-0.4, -0.2) is 13.0 Å². The molecule has 0 fully saturated rings. The van der Waals surface area contributed by atoms with Crippen LogP contribution in [0.5, 0.6) is 0 Å².